The molecule has 0 spiro atoms. The molecule has 92 valence electrons. The molecule has 0 bridgehead atoms. The summed E-state index contributed by atoms with van der Waals surface area (Å²) in [6, 6.07) is 14.4. The Morgan fingerprint density at radius 3 is 2.84 bits per heavy atom. The predicted molar refractivity (Wildman–Crippen MR) is 81.0 cm³/mol. The van der Waals surface area contributed by atoms with Crippen LogP contribution in [-0.4, -0.2) is 9.38 Å². The van der Waals surface area contributed by atoms with Gasteiger partial charge in [-0.25, -0.2) is 4.98 Å². The Hall–Kier alpha value is -1.84. The Balaban J connectivity index is 1.93. The lowest BCUT2D eigenvalue weighted by atomic mass is 10.2. The lowest BCUT2D eigenvalue weighted by Crippen LogP contribution is -1.79. The molecule has 3 heterocycles. The van der Waals surface area contributed by atoms with Gasteiger partial charge in [0.2, 0.25) is 0 Å². The summed E-state index contributed by atoms with van der Waals surface area (Å²) in [5, 5.41) is 1.98. The topological polar surface area (TPSA) is 17.3 Å². The van der Waals surface area contributed by atoms with Crippen molar-refractivity contribution in [2.45, 2.75) is 0 Å². The Kier molecular flexibility index (Phi) is 2.37. The van der Waals surface area contributed by atoms with Gasteiger partial charge >= 0.3 is 0 Å². The first-order valence-electron chi connectivity index (χ1n) is 5.93. The van der Waals surface area contributed by atoms with E-state index in [1.165, 1.54) is 15.0 Å². The minimum atomic E-state index is 0.716. The van der Waals surface area contributed by atoms with E-state index in [4.69, 9.17) is 11.6 Å². The van der Waals surface area contributed by atoms with E-state index in [0.29, 0.717) is 5.02 Å². The van der Waals surface area contributed by atoms with E-state index in [0.717, 1.165) is 11.3 Å². The normalized spacial score (nSPS) is 11.4. The van der Waals surface area contributed by atoms with E-state index in [1.54, 1.807) is 11.3 Å². The standard InChI is InChI=1S/C15H9ClN2S/c16-11-5-6-15-17-12(9-18(15)8-11)14-7-10-3-1-2-4-13(10)19-14/h1-9H. The quantitative estimate of drug-likeness (QED) is 0.487. The number of rotatable bonds is 1. The number of aromatic nitrogens is 2. The molecule has 0 aliphatic rings. The average Bonchev–Trinajstić information content (AvgIpc) is 3.00. The van der Waals surface area contributed by atoms with Crippen molar-refractivity contribution in [3.8, 4) is 10.6 Å². The van der Waals surface area contributed by atoms with Crippen LogP contribution in [0.1, 0.15) is 0 Å². The number of thiophene rings is 1. The highest BCUT2D eigenvalue weighted by atomic mass is 35.5. The summed E-state index contributed by atoms with van der Waals surface area (Å²) >= 11 is 7.75. The molecule has 0 radical (unpaired) electrons. The van der Waals surface area contributed by atoms with E-state index >= 15 is 0 Å². The molecule has 0 unspecified atom stereocenters. The molecule has 4 rings (SSSR count). The van der Waals surface area contributed by atoms with Crippen molar-refractivity contribution < 1.29 is 0 Å². The molecule has 1 aromatic carbocycles. The Morgan fingerprint density at radius 2 is 1.95 bits per heavy atom. The van der Waals surface area contributed by atoms with Gasteiger partial charge in [-0.2, -0.15) is 0 Å². The van der Waals surface area contributed by atoms with Crippen LogP contribution in [0.15, 0.2) is 54.9 Å². The third kappa shape index (κ3) is 1.82. The summed E-state index contributed by atoms with van der Waals surface area (Å²) < 4.78 is 3.25. The maximum Gasteiger partial charge on any atom is 0.137 e. The SMILES string of the molecule is Clc1ccc2nc(-c3cc4ccccc4s3)cn2c1. The summed E-state index contributed by atoms with van der Waals surface area (Å²) in [6.07, 6.45) is 3.90. The number of benzene rings is 1. The van der Waals surface area contributed by atoms with Crippen molar-refractivity contribution in [2.75, 3.05) is 0 Å². The van der Waals surface area contributed by atoms with Gasteiger partial charge in [0, 0.05) is 17.1 Å². The number of halogens is 1. The molecular weight excluding hydrogens is 276 g/mol. The first-order valence-corrected chi connectivity index (χ1v) is 7.12. The molecule has 4 heteroatoms. The molecule has 0 saturated carbocycles. The van der Waals surface area contributed by atoms with Gasteiger partial charge in [-0.05, 0) is 29.7 Å². The highest BCUT2D eigenvalue weighted by Gasteiger charge is 2.08. The van der Waals surface area contributed by atoms with E-state index in [-0.39, 0.29) is 0 Å². The monoisotopic (exact) mass is 284 g/mol. The van der Waals surface area contributed by atoms with Gasteiger partial charge in [0.1, 0.15) is 5.65 Å². The van der Waals surface area contributed by atoms with Crippen LogP contribution in [0.3, 0.4) is 0 Å². The lowest BCUT2D eigenvalue weighted by molar-refractivity contribution is 1.19. The largest absolute Gasteiger partial charge is 0.305 e. The highest BCUT2D eigenvalue weighted by Crippen LogP contribution is 2.33. The first-order chi connectivity index (χ1) is 9.29. The summed E-state index contributed by atoms with van der Waals surface area (Å²) in [6.45, 7) is 0. The van der Waals surface area contributed by atoms with Crippen LogP contribution in [0.4, 0.5) is 0 Å². The number of nitrogens with zero attached hydrogens (tertiary/aromatic N) is 2. The van der Waals surface area contributed by atoms with Crippen LogP contribution in [0, 0.1) is 0 Å². The zero-order chi connectivity index (χ0) is 12.8. The average molecular weight is 285 g/mol. The maximum atomic E-state index is 5.99. The van der Waals surface area contributed by atoms with E-state index < -0.39 is 0 Å². The van der Waals surface area contributed by atoms with Crippen LogP contribution in [0.5, 0.6) is 0 Å². The fourth-order valence-electron chi connectivity index (χ4n) is 2.19. The first kappa shape index (κ1) is 11.0. The number of pyridine rings is 1. The van der Waals surface area contributed by atoms with Crippen LogP contribution in [-0.2, 0) is 0 Å². The second kappa shape index (κ2) is 4.08. The molecule has 0 saturated heterocycles. The number of hydrogen-bond donors (Lipinski definition) is 0. The Bertz CT molecular complexity index is 858. The van der Waals surface area contributed by atoms with Crippen molar-refractivity contribution in [3.05, 3.63) is 59.9 Å². The summed E-state index contributed by atoms with van der Waals surface area (Å²) in [7, 11) is 0. The maximum absolute atomic E-state index is 5.99. The molecule has 4 aromatic rings. The van der Waals surface area contributed by atoms with Crippen molar-refractivity contribution in [2.24, 2.45) is 0 Å². The van der Waals surface area contributed by atoms with Gasteiger partial charge in [-0.3, -0.25) is 0 Å². The van der Waals surface area contributed by atoms with Gasteiger partial charge in [0.05, 0.1) is 15.6 Å². The third-order valence-corrected chi connectivity index (χ3v) is 4.46. The lowest BCUT2D eigenvalue weighted by Gasteiger charge is -1.91. The highest BCUT2D eigenvalue weighted by molar-refractivity contribution is 7.22. The second-order valence-corrected chi connectivity index (χ2v) is 5.91. The molecule has 0 amide bonds. The molecule has 2 nitrogen and oxygen atoms in total. The van der Waals surface area contributed by atoms with E-state index in [9.17, 15) is 0 Å². The van der Waals surface area contributed by atoms with Crippen LogP contribution < -0.4 is 0 Å². The predicted octanol–water partition coefficient (Wildman–Crippen LogP) is 4.87. The summed E-state index contributed by atoms with van der Waals surface area (Å²) in [5.41, 5.74) is 1.90. The van der Waals surface area contributed by atoms with Gasteiger partial charge in [0.25, 0.3) is 0 Å². The molecule has 0 aliphatic heterocycles. The fraction of sp³-hybridized carbons (Fsp3) is 0. The minimum absolute atomic E-state index is 0.716. The second-order valence-electron chi connectivity index (χ2n) is 4.39. The number of hydrogen-bond acceptors (Lipinski definition) is 2. The van der Waals surface area contributed by atoms with Crippen LogP contribution >= 0.6 is 22.9 Å². The number of imidazole rings is 1. The fourth-order valence-corrected chi connectivity index (χ4v) is 3.38. The van der Waals surface area contributed by atoms with Gasteiger partial charge < -0.3 is 4.40 Å². The van der Waals surface area contributed by atoms with Crippen molar-refractivity contribution in [1.29, 1.82) is 0 Å². The van der Waals surface area contributed by atoms with Gasteiger partial charge in [-0.15, -0.1) is 11.3 Å². The van der Waals surface area contributed by atoms with Crippen molar-refractivity contribution in [3.63, 3.8) is 0 Å². The van der Waals surface area contributed by atoms with Crippen LogP contribution in [0.2, 0.25) is 5.02 Å². The Morgan fingerprint density at radius 1 is 1.05 bits per heavy atom. The molecule has 19 heavy (non-hydrogen) atoms. The summed E-state index contributed by atoms with van der Waals surface area (Å²) in [4.78, 5) is 5.82. The van der Waals surface area contributed by atoms with Gasteiger partial charge in [0.15, 0.2) is 0 Å². The Labute approximate surface area is 118 Å². The summed E-state index contributed by atoms with van der Waals surface area (Å²) in [5.74, 6) is 0. The molecule has 0 fully saturated rings. The number of fused-ring (bicyclic) bond motifs is 2. The molecule has 0 atom stereocenters. The molecule has 0 N–H and O–H groups in total. The third-order valence-electron chi connectivity index (χ3n) is 3.09. The van der Waals surface area contributed by atoms with Gasteiger partial charge in [-0.1, -0.05) is 29.8 Å². The minimum Gasteiger partial charge on any atom is -0.305 e. The zero-order valence-corrected chi connectivity index (χ0v) is 11.4. The van der Waals surface area contributed by atoms with E-state index in [1.807, 2.05) is 28.9 Å². The van der Waals surface area contributed by atoms with Crippen molar-refractivity contribution >= 4 is 38.7 Å². The smallest absolute Gasteiger partial charge is 0.137 e. The van der Waals surface area contributed by atoms with Crippen LogP contribution in [0.25, 0.3) is 26.3 Å². The zero-order valence-electron chi connectivity index (χ0n) is 9.88. The molecule has 0 aliphatic carbocycles. The molecular formula is C15H9ClN2S. The van der Waals surface area contributed by atoms with E-state index in [2.05, 4.69) is 35.3 Å². The molecule has 3 aromatic heterocycles. The van der Waals surface area contributed by atoms with Crippen molar-refractivity contribution in [1.82, 2.24) is 9.38 Å².